The van der Waals surface area contributed by atoms with Crippen LogP contribution < -0.4 is 10.1 Å². The van der Waals surface area contributed by atoms with Crippen molar-refractivity contribution >= 4 is 17.4 Å². The van der Waals surface area contributed by atoms with Gasteiger partial charge in [0, 0.05) is 22.4 Å². The first-order valence-electron chi connectivity index (χ1n) is 9.41. The Hall–Kier alpha value is -3.55. The molecular weight excluding hydrogens is 370 g/mol. The van der Waals surface area contributed by atoms with Crippen LogP contribution >= 0.6 is 0 Å². The number of hydrogen-bond donors (Lipinski definition) is 1. The normalized spacial score (nSPS) is 13.2. The Labute approximate surface area is 167 Å². The van der Waals surface area contributed by atoms with E-state index in [2.05, 4.69) is 20.8 Å². The molecule has 1 heterocycles. The Morgan fingerprint density at radius 2 is 2.03 bits per heavy atom. The van der Waals surface area contributed by atoms with Gasteiger partial charge in [0.25, 0.3) is 0 Å². The first-order valence-corrected chi connectivity index (χ1v) is 9.41. The number of hydrogen-bond acceptors (Lipinski definition) is 6. The van der Waals surface area contributed by atoms with E-state index in [1.54, 1.807) is 18.2 Å². The highest BCUT2D eigenvalue weighted by Gasteiger charge is 2.28. The number of nitrogens with zero attached hydrogens (tertiary/aromatic N) is 4. The lowest BCUT2D eigenvalue weighted by Crippen LogP contribution is -2.15. The minimum absolute atomic E-state index is 0.0598. The smallest absolute Gasteiger partial charge is 0.228 e. The molecule has 0 aliphatic heterocycles. The van der Waals surface area contributed by atoms with Gasteiger partial charge in [0.05, 0.1) is 19.6 Å². The quantitative estimate of drug-likeness (QED) is 0.622. The largest absolute Gasteiger partial charge is 0.496 e. The maximum absolute atomic E-state index is 12.6. The molecule has 29 heavy (non-hydrogen) atoms. The third kappa shape index (κ3) is 4.16. The SMILES string of the molecule is COc1ccc(C(C)=O)cc1CC(=O)Nc1cccc(-c2nnnn2C2CC2)c1. The van der Waals surface area contributed by atoms with Gasteiger partial charge in [-0.1, -0.05) is 12.1 Å². The summed E-state index contributed by atoms with van der Waals surface area (Å²) in [7, 11) is 1.54. The lowest BCUT2D eigenvalue weighted by Gasteiger charge is -2.11. The fourth-order valence-electron chi connectivity index (χ4n) is 3.20. The number of nitrogens with one attached hydrogen (secondary N) is 1. The molecule has 0 atom stereocenters. The van der Waals surface area contributed by atoms with Gasteiger partial charge < -0.3 is 10.1 Å². The Bertz CT molecular complexity index is 1070. The van der Waals surface area contributed by atoms with Crippen molar-refractivity contribution in [2.75, 3.05) is 12.4 Å². The Balaban J connectivity index is 1.51. The number of tetrazole rings is 1. The molecule has 1 N–H and O–H groups in total. The number of amides is 1. The predicted octanol–water partition coefficient (Wildman–Crippen LogP) is 3.07. The number of carbonyl (C=O) groups excluding carboxylic acids is 2. The summed E-state index contributed by atoms with van der Waals surface area (Å²) in [6, 6.07) is 12.9. The Morgan fingerprint density at radius 3 is 2.76 bits per heavy atom. The highest BCUT2D eigenvalue weighted by atomic mass is 16.5. The van der Waals surface area contributed by atoms with Crippen molar-refractivity contribution in [1.82, 2.24) is 20.2 Å². The van der Waals surface area contributed by atoms with E-state index in [9.17, 15) is 9.59 Å². The van der Waals surface area contributed by atoms with Crippen molar-refractivity contribution in [3.8, 4) is 17.1 Å². The van der Waals surface area contributed by atoms with Crippen molar-refractivity contribution < 1.29 is 14.3 Å². The molecule has 3 aromatic rings. The van der Waals surface area contributed by atoms with Gasteiger partial charge in [-0.2, -0.15) is 0 Å². The lowest BCUT2D eigenvalue weighted by molar-refractivity contribution is -0.115. The average Bonchev–Trinajstić information content (AvgIpc) is 3.44. The highest BCUT2D eigenvalue weighted by molar-refractivity contribution is 5.96. The number of carbonyl (C=O) groups is 2. The molecular formula is C21H21N5O3. The van der Waals surface area contributed by atoms with Crippen molar-refractivity contribution in [2.45, 2.75) is 32.2 Å². The zero-order valence-electron chi connectivity index (χ0n) is 16.3. The number of Topliss-reactive ketones (excluding diaryl/α,β-unsaturated/α-hetero) is 1. The standard InChI is InChI=1S/C21H21N5O3/c1-13(27)14-6-9-19(29-2)16(10-14)12-20(28)22-17-5-3-4-15(11-17)21-23-24-25-26(21)18-7-8-18/h3-6,9-11,18H,7-8,12H2,1-2H3,(H,22,28). The minimum Gasteiger partial charge on any atom is -0.496 e. The van der Waals surface area contributed by atoms with E-state index in [1.165, 1.54) is 14.0 Å². The van der Waals surface area contributed by atoms with Gasteiger partial charge in [0.15, 0.2) is 11.6 Å². The number of benzene rings is 2. The maximum Gasteiger partial charge on any atom is 0.228 e. The monoisotopic (exact) mass is 391 g/mol. The van der Waals surface area contributed by atoms with Crippen molar-refractivity contribution in [2.24, 2.45) is 0 Å². The molecule has 0 radical (unpaired) electrons. The van der Waals surface area contributed by atoms with Crippen molar-refractivity contribution in [3.63, 3.8) is 0 Å². The number of ketones is 1. The minimum atomic E-state index is -0.206. The van der Waals surface area contributed by atoms with E-state index in [4.69, 9.17) is 4.74 Å². The van der Waals surface area contributed by atoms with Crippen LogP contribution in [0, 0.1) is 0 Å². The first-order chi connectivity index (χ1) is 14.0. The van der Waals surface area contributed by atoms with E-state index in [1.807, 2.05) is 28.9 Å². The van der Waals surface area contributed by atoms with E-state index >= 15 is 0 Å². The van der Waals surface area contributed by atoms with Crippen LogP contribution in [0.4, 0.5) is 5.69 Å². The van der Waals surface area contributed by atoms with E-state index in [0.29, 0.717) is 34.4 Å². The molecule has 0 spiro atoms. The molecule has 8 nitrogen and oxygen atoms in total. The van der Waals surface area contributed by atoms with Crippen LogP contribution in [-0.4, -0.2) is 39.0 Å². The third-order valence-corrected chi connectivity index (χ3v) is 4.83. The van der Waals surface area contributed by atoms with Crippen LogP contribution in [0.15, 0.2) is 42.5 Å². The summed E-state index contributed by atoms with van der Waals surface area (Å²) in [5, 5.41) is 14.9. The molecule has 8 heteroatoms. The molecule has 1 aromatic heterocycles. The fourth-order valence-corrected chi connectivity index (χ4v) is 3.20. The lowest BCUT2D eigenvalue weighted by atomic mass is 10.0. The molecule has 1 aliphatic rings. The predicted molar refractivity (Wildman–Crippen MR) is 107 cm³/mol. The second-order valence-corrected chi connectivity index (χ2v) is 7.07. The molecule has 0 unspecified atom stereocenters. The first kappa shape index (κ1) is 18.8. The van der Waals surface area contributed by atoms with Gasteiger partial charge in [-0.05, 0) is 60.5 Å². The summed E-state index contributed by atoms with van der Waals surface area (Å²) in [4.78, 5) is 24.3. The van der Waals surface area contributed by atoms with Crippen LogP contribution in [-0.2, 0) is 11.2 Å². The number of methoxy groups -OCH3 is 1. The van der Waals surface area contributed by atoms with Crippen LogP contribution in [0.25, 0.3) is 11.4 Å². The molecule has 1 amide bonds. The van der Waals surface area contributed by atoms with Gasteiger partial charge in [-0.25, -0.2) is 4.68 Å². The second kappa shape index (κ2) is 7.83. The number of ether oxygens (including phenoxy) is 1. The van der Waals surface area contributed by atoms with E-state index in [-0.39, 0.29) is 18.1 Å². The maximum atomic E-state index is 12.6. The summed E-state index contributed by atoms with van der Waals surface area (Å²) in [6.07, 6.45) is 2.25. The third-order valence-electron chi connectivity index (χ3n) is 4.83. The molecule has 1 fully saturated rings. The van der Waals surface area contributed by atoms with Gasteiger partial charge in [-0.15, -0.1) is 5.10 Å². The van der Waals surface area contributed by atoms with Gasteiger partial charge in [-0.3, -0.25) is 9.59 Å². The van der Waals surface area contributed by atoms with Crippen molar-refractivity contribution in [3.05, 3.63) is 53.6 Å². The van der Waals surface area contributed by atoms with Gasteiger partial charge in [0.1, 0.15) is 5.75 Å². The topological polar surface area (TPSA) is 99.0 Å². The molecule has 2 aromatic carbocycles. The Morgan fingerprint density at radius 1 is 1.21 bits per heavy atom. The zero-order valence-corrected chi connectivity index (χ0v) is 16.3. The molecule has 0 bridgehead atoms. The van der Waals surface area contributed by atoms with Gasteiger partial charge in [0.2, 0.25) is 5.91 Å². The van der Waals surface area contributed by atoms with Gasteiger partial charge >= 0.3 is 0 Å². The van der Waals surface area contributed by atoms with Crippen LogP contribution in [0.3, 0.4) is 0 Å². The van der Waals surface area contributed by atoms with Crippen LogP contribution in [0.5, 0.6) is 5.75 Å². The molecule has 1 saturated carbocycles. The number of aromatic nitrogens is 4. The van der Waals surface area contributed by atoms with Crippen LogP contribution in [0.2, 0.25) is 0 Å². The molecule has 0 saturated heterocycles. The highest BCUT2D eigenvalue weighted by Crippen LogP contribution is 2.36. The zero-order chi connectivity index (χ0) is 20.4. The average molecular weight is 391 g/mol. The molecule has 4 rings (SSSR count). The number of anilines is 1. The van der Waals surface area contributed by atoms with E-state index < -0.39 is 0 Å². The summed E-state index contributed by atoms with van der Waals surface area (Å²) in [6.45, 7) is 1.49. The second-order valence-electron chi connectivity index (χ2n) is 7.07. The summed E-state index contributed by atoms with van der Waals surface area (Å²) >= 11 is 0. The summed E-state index contributed by atoms with van der Waals surface area (Å²) in [5.41, 5.74) is 2.70. The van der Waals surface area contributed by atoms with E-state index in [0.717, 1.165) is 18.4 Å². The Kier molecular flexibility index (Phi) is 5.07. The van der Waals surface area contributed by atoms with Crippen molar-refractivity contribution in [1.29, 1.82) is 0 Å². The molecule has 1 aliphatic carbocycles. The fraction of sp³-hybridized carbons (Fsp3) is 0.286. The molecule has 148 valence electrons. The van der Waals surface area contributed by atoms with Crippen LogP contribution in [0.1, 0.15) is 41.7 Å². The summed E-state index contributed by atoms with van der Waals surface area (Å²) < 4.78 is 7.16. The summed E-state index contributed by atoms with van der Waals surface area (Å²) in [5.74, 6) is 1.00. The number of rotatable bonds is 7.